The van der Waals surface area contributed by atoms with Gasteiger partial charge in [-0.3, -0.25) is 14.2 Å². The zero-order valence-corrected chi connectivity index (χ0v) is 26.2. The monoisotopic (exact) mass is 599 g/mol. The molecule has 0 aromatic carbocycles. The SMILES string of the molecule is CC/C=C\C/C=C\C/C=C\C/C=C\C=C\C(O)CCCC(=O)O[C@H](COC(C)=O)COP(=O)([O-])OCC[N+](C)(C)C. The molecular weight excluding hydrogens is 549 g/mol. The normalized spacial score (nSPS) is 15.8. The van der Waals surface area contributed by atoms with Crippen LogP contribution >= 0.6 is 7.82 Å². The Morgan fingerprint density at radius 3 is 2.12 bits per heavy atom. The van der Waals surface area contributed by atoms with E-state index in [-0.39, 0.29) is 19.6 Å². The zero-order valence-electron chi connectivity index (χ0n) is 25.3. The van der Waals surface area contributed by atoms with Crippen LogP contribution in [-0.2, 0) is 32.7 Å². The topological polar surface area (TPSA) is 131 Å². The number of aliphatic hydroxyl groups is 1. The molecule has 0 aliphatic carbocycles. The summed E-state index contributed by atoms with van der Waals surface area (Å²) in [6.07, 6.45) is 22.5. The number of nitrogens with zero attached hydrogens (tertiary/aromatic N) is 1. The van der Waals surface area contributed by atoms with Crippen molar-refractivity contribution in [2.45, 2.75) is 71.0 Å². The van der Waals surface area contributed by atoms with Gasteiger partial charge >= 0.3 is 11.9 Å². The van der Waals surface area contributed by atoms with Crippen LogP contribution in [0.15, 0.2) is 60.8 Å². The van der Waals surface area contributed by atoms with Crippen LogP contribution in [0.3, 0.4) is 0 Å². The maximum absolute atomic E-state index is 12.2. The summed E-state index contributed by atoms with van der Waals surface area (Å²) in [6, 6.07) is 0. The summed E-state index contributed by atoms with van der Waals surface area (Å²) in [6.45, 7) is 2.75. The second-order valence-corrected chi connectivity index (χ2v) is 11.7. The summed E-state index contributed by atoms with van der Waals surface area (Å²) in [5.74, 6) is -1.24. The Kier molecular flexibility index (Phi) is 21.9. The van der Waals surface area contributed by atoms with E-state index >= 15 is 0 Å². The summed E-state index contributed by atoms with van der Waals surface area (Å²) >= 11 is 0. The van der Waals surface area contributed by atoms with E-state index in [1.807, 2.05) is 33.3 Å². The van der Waals surface area contributed by atoms with Crippen LogP contribution < -0.4 is 4.89 Å². The number of hydrogen-bond acceptors (Lipinski definition) is 9. The number of carbonyl (C=O) groups is 2. The summed E-state index contributed by atoms with van der Waals surface area (Å²) in [7, 11) is 1.02. The average Bonchev–Trinajstić information content (AvgIpc) is 2.87. The molecule has 0 aliphatic rings. The quantitative estimate of drug-likeness (QED) is 0.0590. The molecule has 0 amide bonds. The first-order valence-electron chi connectivity index (χ1n) is 14.0. The van der Waals surface area contributed by atoms with Crippen LogP contribution in [0.4, 0.5) is 0 Å². The first kappa shape index (κ1) is 38.7. The molecule has 0 saturated heterocycles. The highest BCUT2D eigenvalue weighted by Crippen LogP contribution is 2.38. The highest BCUT2D eigenvalue weighted by atomic mass is 31.2. The number of allylic oxidation sites excluding steroid dienone is 9. The van der Waals surface area contributed by atoms with E-state index in [1.165, 1.54) is 6.92 Å². The van der Waals surface area contributed by atoms with E-state index in [9.17, 15) is 24.2 Å². The van der Waals surface area contributed by atoms with Crippen molar-refractivity contribution in [1.82, 2.24) is 0 Å². The minimum atomic E-state index is -4.63. The number of rotatable bonds is 23. The first-order chi connectivity index (χ1) is 19.3. The van der Waals surface area contributed by atoms with Gasteiger partial charge in [-0.25, -0.2) is 0 Å². The number of likely N-dealkylation sites (N-methyl/N-ethyl adjacent to an activating group) is 1. The van der Waals surface area contributed by atoms with E-state index in [0.717, 1.165) is 25.7 Å². The predicted molar refractivity (Wildman–Crippen MR) is 159 cm³/mol. The van der Waals surface area contributed by atoms with Gasteiger partial charge in [0.1, 0.15) is 19.8 Å². The van der Waals surface area contributed by atoms with E-state index < -0.39 is 38.6 Å². The van der Waals surface area contributed by atoms with Crippen molar-refractivity contribution in [3.8, 4) is 0 Å². The van der Waals surface area contributed by atoms with E-state index in [0.29, 0.717) is 23.9 Å². The number of ether oxygens (including phenoxy) is 2. The molecule has 11 heteroatoms. The van der Waals surface area contributed by atoms with E-state index in [4.69, 9.17) is 18.5 Å². The molecule has 0 fully saturated rings. The number of aliphatic hydroxyl groups excluding tert-OH is 1. The molecule has 0 radical (unpaired) electrons. The van der Waals surface area contributed by atoms with Gasteiger partial charge in [-0.05, 0) is 38.5 Å². The van der Waals surface area contributed by atoms with Crippen molar-refractivity contribution in [2.75, 3.05) is 47.5 Å². The Balaban J connectivity index is 4.37. The van der Waals surface area contributed by atoms with E-state index in [1.54, 1.807) is 12.2 Å². The molecule has 0 spiro atoms. The predicted octanol–water partition coefficient (Wildman–Crippen LogP) is 4.56. The summed E-state index contributed by atoms with van der Waals surface area (Å²) < 4.78 is 32.3. The van der Waals surface area contributed by atoms with Gasteiger partial charge in [0.15, 0.2) is 6.10 Å². The van der Waals surface area contributed by atoms with Gasteiger partial charge < -0.3 is 33.0 Å². The fourth-order valence-corrected chi connectivity index (χ4v) is 3.72. The number of hydrogen-bond donors (Lipinski definition) is 1. The smallest absolute Gasteiger partial charge is 0.306 e. The number of phosphoric acid groups is 1. The molecule has 0 aromatic rings. The second-order valence-electron chi connectivity index (χ2n) is 10.3. The Hall–Kier alpha value is -2.33. The molecule has 0 aromatic heterocycles. The Morgan fingerprint density at radius 1 is 0.927 bits per heavy atom. The fourth-order valence-electron chi connectivity index (χ4n) is 2.99. The number of carbonyl (C=O) groups excluding carboxylic acids is 2. The standard InChI is InChI=1S/C30H50NO9P/c1-6-7-8-9-10-11-12-13-14-15-16-17-18-20-28(33)21-19-22-30(34)40-29(25-37-27(2)32)26-39-41(35,36)38-24-23-31(3,4)5/h7-8,10-11,13-14,16-18,20,28-29,33H,6,9,12,15,19,21-26H2,1-5H3/b8-7-,11-10-,14-13-,17-16-,20-18+/t28?,29-/m1/s1. The molecule has 41 heavy (non-hydrogen) atoms. The third-order valence-electron chi connectivity index (χ3n) is 5.21. The van der Waals surface area contributed by atoms with Gasteiger partial charge in [-0.1, -0.05) is 67.7 Å². The van der Waals surface area contributed by atoms with Crippen molar-refractivity contribution in [2.24, 2.45) is 0 Å². The Labute approximate surface area is 246 Å². The molecule has 234 valence electrons. The van der Waals surface area contributed by atoms with Crippen LogP contribution in [-0.4, -0.2) is 81.2 Å². The minimum Gasteiger partial charge on any atom is -0.756 e. The number of esters is 2. The fraction of sp³-hybridized carbons (Fsp3) is 0.600. The van der Waals surface area contributed by atoms with Gasteiger partial charge in [-0.2, -0.15) is 0 Å². The molecule has 0 aliphatic heterocycles. The van der Waals surface area contributed by atoms with Crippen LogP contribution in [0.5, 0.6) is 0 Å². The van der Waals surface area contributed by atoms with Gasteiger partial charge in [0.25, 0.3) is 7.82 Å². The summed E-state index contributed by atoms with van der Waals surface area (Å²) in [4.78, 5) is 35.4. The van der Waals surface area contributed by atoms with Gasteiger partial charge in [-0.15, -0.1) is 0 Å². The molecule has 0 rings (SSSR count). The van der Waals surface area contributed by atoms with Crippen molar-refractivity contribution in [3.05, 3.63) is 60.8 Å². The zero-order chi connectivity index (χ0) is 31.0. The highest BCUT2D eigenvalue weighted by molar-refractivity contribution is 7.45. The van der Waals surface area contributed by atoms with Crippen LogP contribution in [0, 0.1) is 0 Å². The molecule has 0 bridgehead atoms. The lowest BCUT2D eigenvalue weighted by Gasteiger charge is -2.28. The summed E-state index contributed by atoms with van der Waals surface area (Å²) in [5.41, 5.74) is 0. The van der Waals surface area contributed by atoms with Crippen LogP contribution in [0.2, 0.25) is 0 Å². The summed E-state index contributed by atoms with van der Waals surface area (Å²) in [5, 5.41) is 10.1. The van der Waals surface area contributed by atoms with E-state index in [2.05, 4.69) is 43.4 Å². The van der Waals surface area contributed by atoms with Crippen LogP contribution in [0.25, 0.3) is 0 Å². The molecule has 0 saturated carbocycles. The molecule has 3 atom stereocenters. The lowest BCUT2D eigenvalue weighted by Crippen LogP contribution is -2.37. The lowest BCUT2D eigenvalue weighted by atomic mass is 10.1. The largest absolute Gasteiger partial charge is 0.756 e. The average molecular weight is 600 g/mol. The molecular formula is C30H50NO9P. The van der Waals surface area contributed by atoms with Gasteiger partial charge in [0.05, 0.1) is 33.9 Å². The molecule has 10 nitrogen and oxygen atoms in total. The van der Waals surface area contributed by atoms with Crippen molar-refractivity contribution >= 4 is 19.8 Å². The maximum atomic E-state index is 12.2. The number of quaternary nitrogens is 1. The Bertz CT molecular complexity index is 919. The minimum absolute atomic E-state index is 0.0134. The highest BCUT2D eigenvalue weighted by Gasteiger charge is 2.21. The number of phosphoric ester groups is 1. The van der Waals surface area contributed by atoms with Crippen molar-refractivity contribution in [3.63, 3.8) is 0 Å². The molecule has 2 unspecified atom stereocenters. The van der Waals surface area contributed by atoms with Gasteiger partial charge in [0, 0.05) is 13.3 Å². The van der Waals surface area contributed by atoms with Crippen molar-refractivity contribution < 1.29 is 47.2 Å². The first-order valence-corrected chi connectivity index (χ1v) is 15.5. The third kappa shape index (κ3) is 27.6. The lowest BCUT2D eigenvalue weighted by molar-refractivity contribution is -0.870. The Morgan fingerprint density at radius 2 is 1.54 bits per heavy atom. The molecule has 0 heterocycles. The molecule has 1 N–H and O–H groups in total. The third-order valence-corrected chi connectivity index (χ3v) is 6.18. The van der Waals surface area contributed by atoms with Gasteiger partial charge in [0.2, 0.25) is 0 Å². The second kappa shape index (κ2) is 23.3. The maximum Gasteiger partial charge on any atom is 0.306 e. The van der Waals surface area contributed by atoms with Crippen LogP contribution in [0.1, 0.15) is 58.8 Å². The van der Waals surface area contributed by atoms with Crippen molar-refractivity contribution in [1.29, 1.82) is 0 Å².